The number of hydrogen-bond donors (Lipinski definition) is 1. The van der Waals surface area contributed by atoms with Gasteiger partial charge in [0, 0.05) is 11.6 Å². The summed E-state index contributed by atoms with van der Waals surface area (Å²) < 4.78 is 0. The topological polar surface area (TPSA) is 69.2 Å². The normalized spacial score (nSPS) is 14.7. The molecule has 4 nitrogen and oxygen atoms in total. The molecular weight excluding hydrogens is 276 g/mol. The van der Waals surface area contributed by atoms with E-state index in [2.05, 4.69) is 18.2 Å². The van der Waals surface area contributed by atoms with Crippen LogP contribution in [-0.2, 0) is 12.8 Å². The molecule has 0 amide bonds. The minimum Gasteiger partial charge on any atom is -0.320 e. The van der Waals surface area contributed by atoms with E-state index in [1.165, 1.54) is 17.5 Å². The Morgan fingerprint density at radius 3 is 2.55 bits per heavy atom. The van der Waals surface area contributed by atoms with E-state index < -0.39 is 0 Å². The van der Waals surface area contributed by atoms with Gasteiger partial charge in [-0.3, -0.25) is 10.1 Å². The van der Waals surface area contributed by atoms with E-state index >= 15 is 0 Å². The molecule has 22 heavy (non-hydrogen) atoms. The molecule has 2 aromatic rings. The Morgan fingerprint density at radius 1 is 1.09 bits per heavy atom. The van der Waals surface area contributed by atoms with Crippen LogP contribution in [0.2, 0.25) is 0 Å². The van der Waals surface area contributed by atoms with E-state index in [-0.39, 0.29) is 16.7 Å². The number of nitro benzene ring substituents is 1. The molecule has 0 saturated heterocycles. The molecule has 0 aromatic heterocycles. The Morgan fingerprint density at radius 2 is 1.82 bits per heavy atom. The first-order valence-electron chi connectivity index (χ1n) is 7.60. The van der Waals surface area contributed by atoms with Crippen molar-refractivity contribution in [3.05, 3.63) is 73.8 Å². The standard InChI is InChI=1S/C18H20N2O2/c1-11-8-16(10-17(12(11)2)20(21)22)18(19)15-7-6-13-4-3-5-14(13)9-15/h6-10,18H,3-5,19H2,1-2H3. The molecule has 0 aliphatic heterocycles. The molecule has 3 rings (SSSR count). The van der Waals surface area contributed by atoms with Gasteiger partial charge in [-0.05, 0) is 60.9 Å². The van der Waals surface area contributed by atoms with Crippen LogP contribution in [0.5, 0.6) is 0 Å². The highest BCUT2D eigenvalue weighted by Crippen LogP contribution is 2.31. The number of nitrogens with zero attached hydrogens (tertiary/aromatic N) is 1. The van der Waals surface area contributed by atoms with Crippen LogP contribution < -0.4 is 5.73 Å². The summed E-state index contributed by atoms with van der Waals surface area (Å²) in [6, 6.07) is 9.60. The second kappa shape index (κ2) is 5.54. The van der Waals surface area contributed by atoms with E-state index in [0.717, 1.165) is 29.5 Å². The van der Waals surface area contributed by atoms with E-state index in [0.29, 0.717) is 5.56 Å². The average Bonchev–Trinajstić information content (AvgIpc) is 2.96. The second-order valence-corrected chi connectivity index (χ2v) is 6.10. The maximum absolute atomic E-state index is 11.2. The van der Waals surface area contributed by atoms with Gasteiger partial charge < -0.3 is 5.73 Å². The van der Waals surface area contributed by atoms with Crippen LogP contribution in [0.25, 0.3) is 0 Å². The average molecular weight is 296 g/mol. The molecule has 1 aliphatic carbocycles. The van der Waals surface area contributed by atoms with Crippen LogP contribution in [0, 0.1) is 24.0 Å². The zero-order valence-corrected chi connectivity index (χ0v) is 12.9. The summed E-state index contributed by atoms with van der Waals surface area (Å²) in [4.78, 5) is 10.9. The van der Waals surface area contributed by atoms with Gasteiger partial charge in [0.1, 0.15) is 0 Å². The van der Waals surface area contributed by atoms with Gasteiger partial charge in [0.05, 0.1) is 11.0 Å². The predicted molar refractivity (Wildman–Crippen MR) is 87.1 cm³/mol. The summed E-state index contributed by atoms with van der Waals surface area (Å²) in [5.41, 5.74) is 12.7. The summed E-state index contributed by atoms with van der Waals surface area (Å²) in [5.74, 6) is 0. The van der Waals surface area contributed by atoms with Crippen LogP contribution in [-0.4, -0.2) is 4.92 Å². The zero-order valence-electron chi connectivity index (χ0n) is 12.9. The molecule has 2 N–H and O–H groups in total. The maximum Gasteiger partial charge on any atom is 0.272 e. The molecule has 0 saturated carbocycles. The number of rotatable bonds is 3. The minimum absolute atomic E-state index is 0.145. The Bertz CT molecular complexity index is 753. The Kier molecular flexibility index (Phi) is 3.71. The lowest BCUT2D eigenvalue weighted by atomic mass is 9.93. The summed E-state index contributed by atoms with van der Waals surface area (Å²) >= 11 is 0. The molecule has 114 valence electrons. The summed E-state index contributed by atoms with van der Waals surface area (Å²) in [6.45, 7) is 3.67. The molecule has 1 atom stereocenters. The number of aryl methyl sites for hydroxylation is 3. The van der Waals surface area contributed by atoms with Gasteiger partial charge in [-0.2, -0.15) is 0 Å². The van der Waals surface area contributed by atoms with Crippen LogP contribution in [0.4, 0.5) is 5.69 Å². The number of nitro groups is 1. The van der Waals surface area contributed by atoms with Crippen molar-refractivity contribution in [2.75, 3.05) is 0 Å². The minimum atomic E-state index is -0.332. The van der Waals surface area contributed by atoms with Gasteiger partial charge in [-0.25, -0.2) is 0 Å². The Hall–Kier alpha value is -2.20. The number of nitrogens with two attached hydrogens (primary N) is 1. The van der Waals surface area contributed by atoms with Crippen molar-refractivity contribution in [2.45, 2.75) is 39.2 Å². The fraction of sp³-hybridized carbons (Fsp3) is 0.333. The fourth-order valence-electron chi connectivity index (χ4n) is 3.21. The highest BCUT2D eigenvalue weighted by Gasteiger charge is 2.19. The molecular formula is C18H20N2O2. The monoisotopic (exact) mass is 296 g/mol. The third kappa shape index (κ3) is 2.50. The lowest BCUT2D eigenvalue weighted by Gasteiger charge is -2.16. The van der Waals surface area contributed by atoms with E-state index in [4.69, 9.17) is 5.73 Å². The number of hydrogen-bond acceptors (Lipinski definition) is 3. The van der Waals surface area contributed by atoms with Crippen molar-refractivity contribution in [1.82, 2.24) is 0 Å². The van der Waals surface area contributed by atoms with Gasteiger partial charge in [0.15, 0.2) is 0 Å². The highest BCUT2D eigenvalue weighted by atomic mass is 16.6. The zero-order chi connectivity index (χ0) is 15.9. The Labute approximate surface area is 130 Å². The van der Waals surface area contributed by atoms with Crippen molar-refractivity contribution in [1.29, 1.82) is 0 Å². The smallest absolute Gasteiger partial charge is 0.272 e. The molecule has 0 heterocycles. The fourth-order valence-corrected chi connectivity index (χ4v) is 3.21. The van der Waals surface area contributed by atoms with Gasteiger partial charge in [-0.15, -0.1) is 0 Å². The molecule has 4 heteroatoms. The van der Waals surface area contributed by atoms with Crippen LogP contribution in [0.1, 0.15) is 45.8 Å². The second-order valence-electron chi connectivity index (χ2n) is 6.10. The SMILES string of the molecule is Cc1cc(C(N)c2ccc3c(c2)CCC3)cc([N+](=O)[O-])c1C. The van der Waals surface area contributed by atoms with Crippen LogP contribution in [0.3, 0.4) is 0 Å². The molecule has 0 spiro atoms. The predicted octanol–water partition coefficient (Wildman–Crippen LogP) is 3.75. The summed E-state index contributed by atoms with van der Waals surface area (Å²) in [5, 5.41) is 11.2. The molecule has 0 bridgehead atoms. The molecule has 0 fully saturated rings. The van der Waals surface area contributed by atoms with Crippen molar-refractivity contribution >= 4 is 5.69 Å². The van der Waals surface area contributed by atoms with Crippen LogP contribution >= 0.6 is 0 Å². The van der Waals surface area contributed by atoms with Gasteiger partial charge in [0.25, 0.3) is 5.69 Å². The third-order valence-electron chi connectivity index (χ3n) is 4.70. The number of fused-ring (bicyclic) bond motifs is 1. The lowest BCUT2D eigenvalue weighted by molar-refractivity contribution is -0.385. The first-order chi connectivity index (χ1) is 10.5. The largest absolute Gasteiger partial charge is 0.320 e. The third-order valence-corrected chi connectivity index (χ3v) is 4.70. The molecule has 1 unspecified atom stereocenters. The molecule has 1 aliphatic rings. The first-order valence-corrected chi connectivity index (χ1v) is 7.60. The maximum atomic E-state index is 11.2. The lowest BCUT2D eigenvalue weighted by Crippen LogP contribution is -2.13. The van der Waals surface area contributed by atoms with Gasteiger partial charge >= 0.3 is 0 Å². The van der Waals surface area contributed by atoms with E-state index in [9.17, 15) is 10.1 Å². The molecule has 0 radical (unpaired) electrons. The number of benzene rings is 2. The van der Waals surface area contributed by atoms with Crippen molar-refractivity contribution in [2.24, 2.45) is 5.73 Å². The van der Waals surface area contributed by atoms with Crippen molar-refractivity contribution < 1.29 is 4.92 Å². The first kappa shape index (κ1) is 14.7. The van der Waals surface area contributed by atoms with Gasteiger partial charge in [-0.1, -0.05) is 24.3 Å². The summed E-state index contributed by atoms with van der Waals surface area (Å²) in [6.07, 6.45) is 3.44. The summed E-state index contributed by atoms with van der Waals surface area (Å²) in [7, 11) is 0. The van der Waals surface area contributed by atoms with Crippen LogP contribution in [0.15, 0.2) is 30.3 Å². The van der Waals surface area contributed by atoms with Gasteiger partial charge in [0.2, 0.25) is 0 Å². The van der Waals surface area contributed by atoms with Crippen molar-refractivity contribution in [3.8, 4) is 0 Å². The Balaban J connectivity index is 2.02. The van der Waals surface area contributed by atoms with E-state index in [1.54, 1.807) is 13.0 Å². The van der Waals surface area contributed by atoms with E-state index in [1.807, 2.05) is 13.0 Å². The van der Waals surface area contributed by atoms with Crippen molar-refractivity contribution in [3.63, 3.8) is 0 Å². The quantitative estimate of drug-likeness (QED) is 0.692. The molecule has 2 aromatic carbocycles. The highest BCUT2D eigenvalue weighted by molar-refractivity contribution is 5.50.